The number of fused-ring (bicyclic) bond motifs is 1. The molecule has 2 atom stereocenters. The average Bonchev–Trinajstić information content (AvgIpc) is 2.75. The molecule has 28 heavy (non-hydrogen) atoms. The second kappa shape index (κ2) is 9.55. The van der Waals surface area contributed by atoms with Crippen molar-refractivity contribution in [3.63, 3.8) is 0 Å². The Kier molecular flexibility index (Phi) is 6.86. The Morgan fingerprint density at radius 2 is 1.32 bits per heavy atom. The Hall–Kier alpha value is -1.18. The molecule has 3 aliphatic heterocycles. The number of rotatable bonds is 4. The van der Waals surface area contributed by atoms with E-state index >= 15 is 0 Å². The molecule has 0 radical (unpaired) electrons. The zero-order chi connectivity index (χ0) is 19.3. The van der Waals surface area contributed by atoms with Crippen LogP contribution in [0, 0.1) is 5.92 Å². The highest BCUT2D eigenvalue weighted by Gasteiger charge is 2.36. The van der Waals surface area contributed by atoms with E-state index in [1.807, 2.05) is 4.90 Å². The quantitative estimate of drug-likeness (QED) is 0.703. The Labute approximate surface area is 168 Å². The maximum absolute atomic E-state index is 13.0. The third kappa shape index (κ3) is 4.86. The molecule has 1 aliphatic carbocycles. The Balaban J connectivity index is 1.20. The molecule has 4 rings (SSSR count). The molecule has 158 valence electrons. The summed E-state index contributed by atoms with van der Waals surface area (Å²) in [7, 11) is 0. The van der Waals surface area contributed by atoms with Gasteiger partial charge in [0.05, 0.1) is 26.3 Å². The van der Waals surface area contributed by atoms with E-state index in [4.69, 9.17) is 4.74 Å². The number of hydrogen-bond acceptors (Lipinski definition) is 5. The SMILES string of the molecule is O=C(CN1CCN(CC(=O)N2CCCC3CCCCC32)CC1)N1CCOCC1. The van der Waals surface area contributed by atoms with Gasteiger partial charge in [0.1, 0.15) is 0 Å². The third-order valence-electron chi connectivity index (χ3n) is 7.11. The van der Waals surface area contributed by atoms with Crippen LogP contribution in [0.2, 0.25) is 0 Å². The van der Waals surface area contributed by atoms with Gasteiger partial charge in [0.25, 0.3) is 0 Å². The van der Waals surface area contributed by atoms with Gasteiger partial charge in [-0.15, -0.1) is 0 Å². The van der Waals surface area contributed by atoms with E-state index in [1.54, 1.807) is 0 Å². The van der Waals surface area contributed by atoms with Crippen molar-refractivity contribution in [2.45, 2.75) is 44.6 Å². The summed E-state index contributed by atoms with van der Waals surface area (Å²) in [5.74, 6) is 1.29. The van der Waals surface area contributed by atoms with Gasteiger partial charge in [0, 0.05) is 51.9 Å². The van der Waals surface area contributed by atoms with Gasteiger partial charge in [-0.3, -0.25) is 19.4 Å². The summed E-state index contributed by atoms with van der Waals surface area (Å²) in [6.45, 7) is 8.23. The van der Waals surface area contributed by atoms with Crippen LogP contribution in [0.4, 0.5) is 0 Å². The van der Waals surface area contributed by atoms with Gasteiger partial charge in [0.15, 0.2) is 0 Å². The van der Waals surface area contributed by atoms with Crippen LogP contribution >= 0.6 is 0 Å². The summed E-state index contributed by atoms with van der Waals surface area (Å²) in [6, 6.07) is 0.502. The van der Waals surface area contributed by atoms with Crippen molar-refractivity contribution < 1.29 is 14.3 Å². The van der Waals surface area contributed by atoms with Crippen LogP contribution < -0.4 is 0 Å². The number of amides is 2. The molecule has 0 bridgehead atoms. The van der Waals surface area contributed by atoms with Gasteiger partial charge < -0.3 is 14.5 Å². The lowest BCUT2D eigenvalue weighted by molar-refractivity contribution is -0.140. The van der Waals surface area contributed by atoms with E-state index in [0.29, 0.717) is 51.3 Å². The number of ether oxygens (including phenoxy) is 1. The standard InChI is InChI=1S/C21H36N4O3/c26-20(24-12-14-28-15-13-24)16-22-8-10-23(11-9-22)17-21(27)25-7-3-5-18-4-1-2-6-19(18)25/h18-19H,1-17H2. The van der Waals surface area contributed by atoms with E-state index in [-0.39, 0.29) is 5.91 Å². The van der Waals surface area contributed by atoms with Gasteiger partial charge in [0.2, 0.25) is 11.8 Å². The van der Waals surface area contributed by atoms with Crippen LogP contribution in [0.3, 0.4) is 0 Å². The van der Waals surface area contributed by atoms with Crippen LogP contribution in [0.5, 0.6) is 0 Å². The fourth-order valence-corrected chi connectivity index (χ4v) is 5.43. The monoisotopic (exact) mass is 392 g/mol. The molecule has 0 aromatic carbocycles. The van der Waals surface area contributed by atoms with Crippen molar-refractivity contribution in [2.75, 3.05) is 72.1 Å². The van der Waals surface area contributed by atoms with Crippen molar-refractivity contribution in [1.29, 1.82) is 0 Å². The first-order valence-electron chi connectivity index (χ1n) is 11.3. The normalized spacial score (nSPS) is 30.1. The molecular weight excluding hydrogens is 356 g/mol. The molecular formula is C21H36N4O3. The molecule has 7 nitrogen and oxygen atoms in total. The number of carbonyl (C=O) groups is 2. The first-order valence-corrected chi connectivity index (χ1v) is 11.3. The molecule has 2 unspecified atom stereocenters. The highest BCUT2D eigenvalue weighted by atomic mass is 16.5. The molecule has 3 heterocycles. The average molecular weight is 393 g/mol. The largest absolute Gasteiger partial charge is 0.378 e. The second-order valence-electron chi connectivity index (χ2n) is 8.89. The predicted molar refractivity (Wildman–Crippen MR) is 107 cm³/mol. The Morgan fingerprint density at radius 1 is 0.714 bits per heavy atom. The number of piperazine rings is 1. The molecule has 0 aromatic heterocycles. The van der Waals surface area contributed by atoms with Crippen LogP contribution in [0.25, 0.3) is 0 Å². The fourth-order valence-electron chi connectivity index (χ4n) is 5.43. The minimum Gasteiger partial charge on any atom is -0.378 e. The van der Waals surface area contributed by atoms with E-state index in [2.05, 4.69) is 14.7 Å². The number of carbonyl (C=O) groups excluding carboxylic acids is 2. The molecule has 1 saturated carbocycles. The van der Waals surface area contributed by atoms with Crippen molar-refractivity contribution in [3.05, 3.63) is 0 Å². The van der Waals surface area contributed by atoms with E-state index in [1.165, 1.54) is 38.5 Å². The predicted octanol–water partition coefficient (Wildman–Crippen LogP) is 0.644. The molecule has 3 saturated heterocycles. The van der Waals surface area contributed by atoms with Crippen molar-refractivity contribution in [1.82, 2.24) is 19.6 Å². The van der Waals surface area contributed by atoms with Gasteiger partial charge in [-0.1, -0.05) is 12.8 Å². The highest BCUT2D eigenvalue weighted by molar-refractivity contribution is 5.79. The zero-order valence-electron chi connectivity index (χ0n) is 17.2. The number of morpholine rings is 1. The van der Waals surface area contributed by atoms with Crippen LogP contribution in [0.15, 0.2) is 0 Å². The van der Waals surface area contributed by atoms with Crippen LogP contribution in [-0.4, -0.2) is 110 Å². The van der Waals surface area contributed by atoms with Crippen molar-refractivity contribution >= 4 is 11.8 Å². The molecule has 2 amide bonds. The van der Waals surface area contributed by atoms with Gasteiger partial charge in [-0.2, -0.15) is 0 Å². The summed E-state index contributed by atoms with van der Waals surface area (Å²) in [5, 5.41) is 0. The Bertz CT molecular complexity index is 542. The lowest BCUT2D eigenvalue weighted by Crippen LogP contribution is -2.55. The van der Waals surface area contributed by atoms with Crippen molar-refractivity contribution in [2.24, 2.45) is 5.92 Å². The minimum atomic E-state index is 0.212. The summed E-state index contributed by atoms with van der Waals surface area (Å²) in [4.78, 5) is 34.0. The molecule has 7 heteroatoms. The van der Waals surface area contributed by atoms with Gasteiger partial charge in [-0.05, 0) is 31.6 Å². The third-order valence-corrected chi connectivity index (χ3v) is 7.11. The summed E-state index contributed by atoms with van der Waals surface area (Å²) in [6.07, 6.45) is 7.61. The second-order valence-corrected chi connectivity index (χ2v) is 8.89. The maximum atomic E-state index is 13.0. The smallest absolute Gasteiger partial charge is 0.237 e. The number of piperidine rings is 1. The lowest BCUT2D eigenvalue weighted by atomic mass is 9.78. The lowest BCUT2D eigenvalue weighted by Gasteiger charge is -2.45. The van der Waals surface area contributed by atoms with E-state index < -0.39 is 0 Å². The molecule has 0 spiro atoms. The zero-order valence-corrected chi connectivity index (χ0v) is 17.2. The summed E-state index contributed by atoms with van der Waals surface area (Å²) in [5.41, 5.74) is 0. The number of likely N-dealkylation sites (tertiary alicyclic amines) is 1. The van der Waals surface area contributed by atoms with Gasteiger partial charge in [-0.25, -0.2) is 0 Å². The molecule has 4 aliphatic rings. The molecule has 4 fully saturated rings. The van der Waals surface area contributed by atoms with Gasteiger partial charge >= 0.3 is 0 Å². The van der Waals surface area contributed by atoms with E-state index in [0.717, 1.165) is 38.6 Å². The highest BCUT2D eigenvalue weighted by Crippen LogP contribution is 2.35. The van der Waals surface area contributed by atoms with Crippen LogP contribution in [-0.2, 0) is 14.3 Å². The molecule has 0 N–H and O–H groups in total. The topological polar surface area (TPSA) is 56.3 Å². The maximum Gasteiger partial charge on any atom is 0.237 e. The first-order chi connectivity index (χ1) is 13.7. The minimum absolute atomic E-state index is 0.212. The first kappa shape index (κ1) is 20.1. The fraction of sp³-hybridized carbons (Fsp3) is 0.905. The summed E-state index contributed by atoms with van der Waals surface area (Å²) >= 11 is 0. The van der Waals surface area contributed by atoms with Crippen molar-refractivity contribution in [3.8, 4) is 0 Å². The van der Waals surface area contributed by atoms with Crippen LogP contribution in [0.1, 0.15) is 38.5 Å². The number of nitrogens with zero attached hydrogens (tertiary/aromatic N) is 4. The number of hydrogen-bond donors (Lipinski definition) is 0. The Morgan fingerprint density at radius 3 is 2.04 bits per heavy atom. The molecule has 0 aromatic rings. The van der Waals surface area contributed by atoms with E-state index in [9.17, 15) is 9.59 Å². The summed E-state index contributed by atoms with van der Waals surface area (Å²) < 4.78 is 5.32.